The number of nitrogens with one attached hydrogen (secondary N) is 1. The van der Waals surface area contributed by atoms with Gasteiger partial charge in [0.05, 0.1) is 12.7 Å². The van der Waals surface area contributed by atoms with E-state index in [1.54, 1.807) is 18.4 Å². The highest BCUT2D eigenvalue weighted by Crippen LogP contribution is 2.21. The van der Waals surface area contributed by atoms with E-state index in [0.29, 0.717) is 35.3 Å². The van der Waals surface area contributed by atoms with Crippen LogP contribution in [0.25, 0.3) is 11.6 Å². The van der Waals surface area contributed by atoms with E-state index >= 15 is 0 Å². The molecule has 0 spiro atoms. The average molecular weight is 389 g/mol. The SMILES string of the molecule is Cc1cccc(OCC(=O)Nc2ccccc2Cc2nc(-c3ccco3)no2)c1. The fraction of sp³-hybridized carbons (Fsp3) is 0.136. The minimum atomic E-state index is -0.249. The molecule has 2 aromatic heterocycles. The van der Waals surface area contributed by atoms with Crippen LogP contribution in [0.2, 0.25) is 0 Å². The maximum atomic E-state index is 12.3. The summed E-state index contributed by atoms with van der Waals surface area (Å²) in [4.78, 5) is 16.7. The first-order chi connectivity index (χ1) is 14.2. The molecule has 0 saturated heterocycles. The van der Waals surface area contributed by atoms with Crippen LogP contribution in [0.5, 0.6) is 5.75 Å². The molecule has 0 aliphatic carbocycles. The number of para-hydroxylation sites is 1. The Labute approximate surface area is 167 Å². The van der Waals surface area contributed by atoms with Gasteiger partial charge in [-0.3, -0.25) is 4.79 Å². The van der Waals surface area contributed by atoms with Gasteiger partial charge in [0.1, 0.15) is 5.75 Å². The van der Waals surface area contributed by atoms with Gasteiger partial charge in [0.15, 0.2) is 12.4 Å². The molecule has 0 fully saturated rings. The highest BCUT2D eigenvalue weighted by molar-refractivity contribution is 5.92. The third kappa shape index (κ3) is 4.70. The number of hydrogen-bond acceptors (Lipinski definition) is 6. The number of nitrogens with zero attached hydrogens (tertiary/aromatic N) is 2. The molecule has 0 aliphatic heterocycles. The predicted molar refractivity (Wildman–Crippen MR) is 107 cm³/mol. The number of anilines is 1. The molecule has 1 amide bonds. The maximum Gasteiger partial charge on any atom is 0.262 e. The molecular weight excluding hydrogens is 370 g/mol. The highest BCUT2D eigenvalue weighted by atomic mass is 16.5. The normalized spacial score (nSPS) is 10.7. The number of furan rings is 1. The second-order valence-corrected chi connectivity index (χ2v) is 6.48. The lowest BCUT2D eigenvalue weighted by Crippen LogP contribution is -2.21. The van der Waals surface area contributed by atoms with Crippen LogP contribution < -0.4 is 10.1 Å². The van der Waals surface area contributed by atoms with Gasteiger partial charge in [0.25, 0.3) is 5.91 Å². The van der Waals surface area contributed by atoms with Gasteiger partial charge < -0.3 is 19.0 Å². The quantitative estimate of drug-likeness (QED) is 0.508. The minimum absolute atomic E-state index is 0.0824. The summed E-state index contributed by atoms with van der Waals surface area (Å²) >= 11 is 0. The van der Waals surface area contributed by atoms with Gasteiger partial charge in [-0.25, -0.2) is 0 Å². The summed E-state index contributed by atoms with van der Waals surface area (Å²) in [5.41, 5.74) is 2.59. The number of aryl methyl sites for hydroxylation is 1. The lowest BCUT2D eigenvalue weighted by molar-refractivity contribution is -0.118. The summed E-state index contributed by atoms with van der Waals surface area (Å²) in [5.74, 6) is 1.76. The van der Waals surface area contributed by atoms with Crippen LogP contribution in [-0.4, -0.2) is 22.7 Å². The molecule has 1 N–H and O–H groups in total. The molecule has 146 valence electrons. The van der Waals surface area contributed by atoms with Gasteiger partial charge >= 0.3 is 0 Å². The lowest BCUT2D eigenvalue weighted by atomic mass is 10.1. The van der Waals surface area contributed by atoms with Crippen LogP contribution in [0.3, 0.4) is 0 Å². The van der Waals surface area contributed by atoms with Crippen LogP contribution in [0.15, 0.2) is 75.9 Å². The largest absolute Gasteiger partial charge is 0.484 e. The van der Waals surface area contributed by atoms with Crippen LogP contribution in [0.1, 0.15) is 17.0 Å². The molecule has 4 rings (SSSR count). The first-order valence-electron chi connectivity index (χ1n) is 9.11. The first kappa shape index (κ1) is 18.5. The number of carbonyl (C=O) groups excluding carboxylic acids is 1. The Balaban J connectivity index is 1.41. The highest BCUT2D eigenvalue weighted by Gasteiger charge is 2.14. The summed E-state index contributed by atoms with van der Waals surface area (Å²) < 4.78 is 16.1. The summed E-state index contributed by atoms with van der Waals surface area (Å²) in [6.07, 6.45) is 1.93. The minimum Gasteiger partial charge on any atom is -0.484 e. The van der Waals surface area contributed by atoms with E-state index in [0.717, 1.165) is 11.1 Å². The fourth-order valence-corrected chi connectivity index (χ4v) is 2.83. The number of carbonyl (C=O) groups is 1. The van der Waals surface area contributed by atoms with Crippen molar-refractivity contribution in [1.82, 2.24) is 10.1 Å². The van der Waals surface area contributed by atoms with E-state index in [1.165, 1.54) is 0 Å². The van der Waals surface area contributed by atoms with Crippen molar-refractivity contribution in [2.75, 3.05) is 11.9 Å². The number of aromatic nitrogens is 2. The molecule has 4 aromatic rings. The van der Waals surface area contributed by atoms with Gasteiger partial charge in [-0.05, 0) is 48.4 Å². The predicted octanol–water partition coefficient (Wildman–Crippen LogP) is 4.25. The van der Waals surface area contributed by atoms with Crippen molar-refractivity contribution in [3.8, 4) is 17.3 Å². The average Bonchev–Trinajstić information content (AvgIpc) is 3.40. The Morgan fingerprint density at radius 2 is 2.00 bits per heavy atom. The topological polar surface area (TPSA) is 90.4 Å². The Morgan fingerprint density at radius 1 is 1.10 bits per heavy atom. The summed E-state index contributed by atoms with van der Waals surface area (Å²) in [5, 5.41) is 6.81. The van der Waals surface area contributed by atoms with Crippen molar-refractivity contribution in [3.05, 3.63) is 83.9 Å². The first-order valence-corrected chi connectivity index (χ1v) is 9.11. The smallest absolute Gasteiger partial charge is 0.262 e. The molecule has 0 bridgehead atoms. The van der Waals surface area contributed by atoms with E-state index in [-0.39, 0.29) is 12.5 Å². The molecule has 0 radical (unpaired) electrons. The van der Waals surface area contributed by atoms with Crippen molar-refractivity contribution in [3.63, 3.8) is 0 Å². The van der Waals surface area contributed by atoms with Crippen molar-refractivity contribution in [2.24, 2.45) is 0 Å². The number of ether oxygens (including phenoxy) is 1. The number of benzene rings is 2. The van der Waals surface area contributed by atoms with Crippen LogP contribution in [-0.2, 0) is 11.2 Å². The van der Waals surface area contributed by atoms with Crippen molar-refractivity contribution < 1.29 is 18.5 Å². The van der Waals surface area contributed by atoms with Crippen molar-refractivity contribution >= 4 is 11.6 Å². The van der Waals surface area contributed by atoms with Crippen LogP contribution in [0, 0.1) is 6.92 Å². The maximum absolute atomic E-state index is 12.3. The lowest BCUT2D eigenvalue weighted by Gasteiger charge is -2.11. The van der Waals surface area contributed by atoms with E-state index in [1.807, 2.05) is 55.5 Å². The number of rotatable bonds is 7. The Kier molecular flexibility index (Phi) is 5.38. The third-order valence-electron chi connectivity index (χ3n) is 4.20. The molecule has 0 unspecified atom stereocenters. The van der Waals surface area contributed by atoms with Crippen LogP contribution >= 0.6 is 0 Å². The van der Waals surface area contributed by atoms with Crippen molar-refractivity contribution in [1.29, 1.82) is 0 Å². The molecule has 0 aliphatic rings. The molecule has 2 aromatic carbocycles. The third-order valence-corrected chi connectivity index (χ3v) is 4.20. The molecule has 2 heterocycles. The van der Waals surface area contributed by atoms with Gasteiger partial charge in [-0.2, -0.15) is 4.98 Å². The van der Waals surface area contributed by atoms with E-state index in [4.69, 9.17) is 13.7 Å². The molecule has 7 heteroatoms. The van der Waals surface area contributed by atoms with E-state index < -0.39 is 0 Å². The zero-order chi connectivity index (χ0) is 20.1. The summed E-state index contributed by atoms with van der Waals surface area (Å²) in [6, 6.07) is 18.5. The standard InChI is InChI=1S/C22H19N3O4/c1-15-6-4-8-17(12-15)28-14-20(26)23-18-9-3-2-7-16(18)13-21-24-22(25-29-21)19-10-5-11-27-19/h2-12H,13-14H2,1H3,(H,23,26). The van der Waals surface area contributed by atoms with Gasteiger partial charge in [0.2, 0.25) is 11.7 Å². The Hall–Kier alpha value is -3.87. The molecular formula is C22H19N3O4. The molecule has 0 atom stereocenters. The zero-order valence-electron chi connectivity index (χ0n) is 15.8. The van der Waals surface area contributed by atoms with E-state index in [2.05, 4.69) is 15.5 Å². The van der Waals surface area contributed by atoms with E-state index in [9.17, 15) is 4.79 Å². The zero-order valence-corrected chi connectivity index (χ0v) is 15.8. The summed E-state index contributed by atoms with van der Waals surface area (Å²) in [6.45, 7) is 1.89. The monoisotopic (exact) mass is 389 g/mol. The fourth-order valence-electron chi connectivity index (χ4n) is 2.83. The second kappa shape index (κ2) is 8.43. The molecule has 0 saturated carbocycles. The number of hydrogen-bond donors (Lipinski definition) is 1. The Bertz CT molecular complexity index is 1100. The number of amides is 1. The summed E-state index contributed by atoms with van der Waals surface area (Å²) in [7, 11) is 0. The Morgan fingerprint density at radius 3 is 2.83 bits per heavy atom. The van der Waals surface area contributed by atoms with Gasteiger partial charge in [0, 0.05) is 5.69 Å². The molecule has 7 nitrogen and oxygen atoms in total. The van der Waals surface area contributed by atoms with Gasteiger partial charge in [-0.15, -0.1) is 0 Å². The second-order valence-electron chi connectivity index (χ2n) is 6.48. The molecule has 29 heavy (non-hydrogen) atoms. The van der Waals surface area contributed by atoms with Gasteiger partial charge in [-0.1, -0.05) is 35.5 Å². The van der Waals surface area contributed by atoms with Crippen LogP contribution in [0.4, 0.5) is 5.69 Å². The van der Waals surface area contributed by atoms with Crippen molar-refractivity contribution in [2.45, 2.75) is 13.3 Å².